The van der Waals surface area contributed by atoms with Gasteiger partial charge in [-0.2, -0.15) is 0 Å². The van der Waals surface area contributed by atoms with Crippen molar-refractivity contribution in [3.8, 4) is 11.5 Å². The Hall–Kier alpha value is -2.76. The molecule has 148 valence electrons. The Morgan fingerprint density at radius 2 is 1.70 bits per heavy atom. The molecule has 0 unspecified atom stereocenters. The summed E-state index contributed by atoms with van der Waals surface area (Å²) >= 11 is 0. The Morgan fingerprint density at radius 1 is 1.04 bits per heavy atom. The average molecular weight is 376 g/mol. The van der Waals surface area contributed by atoms with E-state index in [0.717, 1.165) is 5.56 Å². The molecule has 0 bridgehead atoms. The van der Waals surface area contributed by atoms with Crippen molar-refractivity contribution in [1.29, 1.82) is 0 Å². The monoisotopic (exact) mass is 376 g/mol. The Bertz CT molecular complexity index is 717. The predicted octanol–water partition coefficient (Wildman–Crippen LogP) is 4.15. The number of methoxy groups -OCH3 is 2. The highest BCUT2D eigenvalue weighted by molar-refractivity contribution is 5.91. The fraction of sp³-hybridized carbons (Fsp3) is 0.429. The third-order valence-electron chi connectivity index (χ3n) is 4.12. The van der Waals surface area contributed by atoms with Crippen molar-refractivity contribution in [3.05, 3.63) is 47.1 Å². The lowest BCUT2D eigenvalue weighted by Gasteiger charge is -2.19. The molecule has 0 radical (unpaired) electrons. The Kier molecular flexibility index (Phi) is 9.13. The number of rotatable bonds is 9. The predicted molar refractivity (Wildman–Crippen MR) is 103 cm³/mol. The van der Waals surface area contributed by atoms with Crippen LogP contribution in [0, 0.1) is 0 Å². The summed E-state index contributed by atoms with van der Waals surface area (Å²) in [7, 11) is 3.11. The topological polar surface area (TPSA) is 71.1 Å². The van der Waals surface area contributed by atoms with Crippen molar-refractivity contribution >= 4 is 11.9 Å². The summed E-state index contributed by atoms with van der Waals surface area (Å²) in [6.45, 7) is 6.88. The van der Waals surface area contributed by atoms with E-state index in [-0.39, 0.29) is 12.2 Å². The summed E-state index contributed by atoms with van der Waals surface area (Å²) < 4.78 is 21.3. The van der Waals surface area contributed by atoms with Gasteiger partial charge < -0.3 is 18.9 Å². The average Bonchev–Trinajstić information content (AvgIpc) is 2.70. The molecule has 0 saturated carbocycles. The van der Waals surface area contributed by atoms with Gasteiger partial charge in [0.25, 0.3) is 0 Å². The molecule has 0 heterocycles. The first-order chi connectivity index (χ1) is 12.9. The molecule has 1 atom stereocenters. The van der Waals surface area contributed by atoms with E-state index < -0.39 is 18.0 Å². The van der Waals surface area contributed by atoms with Crippen molar-refractivity contribution < 1.29 is 28.5 Å². The molecule has 0 fully saturated rings. The minimum Gasteiger partial charge on any atom is -0.493 e. The second-order valence-electron chi connectivity index (χ2n) is 5.78. The van der Waals surface area contributed by atoms with Gasteiger partial charge in [0.2, 0.25) is 0 Å². The van der Waals surface area contributed by atoms with Gasteiger partial charge in [0.05, 0.1) is 19.8 Å². The van der Waals surface area contributed by atoms with Gasteiger partial charge in [0.1, 0.15) is 12.7 Å². The summed E-state index contributed by atoms with van der Waals surface area (Å²) in [5.41, 5.74) is 1.56. The molecule has 1 aromatic rings. The largest absolute Gasteiger partial charge is 0.493 e. The third-order valence-corrected chi connectivity index (χ3v) is 4.12. The van der Waals surface area contributed by atoms with Crippen molar-refractivity contribution in [3.63, 3.8) is 0 Å². The highest BCUT2D eigenvalue weighted by Gasteiger charge is 2.20. The van der Waals surface area contributed by atoms with E-state index >= 15 is 0 Å². The molecule has 0 spiro atoms. The van der Waals surface area contributed by atoms with Crippen molar-refractivity contribution in [2.24, 2.45) is 0 Å². The molecule has 0 aromatic heterocycles. The standard InChI is InChI=1S/C21H28O6/c1-7-14(4)20(22)26-13-15(8-2)21(23)27-17(9-3)16-10-11-18(24-5)19(12-16)25-6/h7-8,10-12,17H,9,13H2,1-6H3/b14-7+,15-8-/t17-/m0/s1. The Balaban J connectivity index is 2.86. The molecule has 1 aromatic carbocycles. The fourth-order valence-electron chi connectivity index (χ4n) is 2.28. The zero-order valence-corrected chi connectivity index (χ0v) is 16.8. The van der Waals surface area contributed by atoms with E-state index in [9.17, 15) is 9.59 Å². The van der Waals surface area contributed by atoms with Crippen LogP contribution in [0.3, 0.4) is 0 Å². The van der Waals surface area contributed by atoms with E-state index in [2.05, 4.69) is 0 Å². The van der Waals surface area contributed by atoms with E-state index in [1.807, 2.05) is 13.0 Å². The minimum atomic E-state index is -0.523. The van der Waals surface area contributed by atoms with Gasteiger partial charge in [0, 0.05) is 5.57 Å². The minimum absolute atomic E-state index is 0.137. The van der Waals surface area contributed by atoms with Crippen LogP contribution >= 0.6 is 0 Å². The van der Waals surface area contributed by atoms with Gasteiger partial charge in [-0.1, -0.05) is 25.1 Å². The number of carbonyl (C=O) groups excluding carboxylic acids is 2. The van der Waals surface area contributed by atoms with E-state index in [4.69, 9.17) is 18.9 Å². The molecule has 27 heavy (non-hydrogen) atoms. The third kappa shape index (κ3) is 6.16. The Morgan fingerprint density at radius 3 is 2.22 bits per heavy atom. The molecular formula is C21H28O6. The Labute approximate surface area is 160 Å². The maximum Gasteiger partial charge on any atom is 0.337 e. The van der Waals surface area contributed by atoms with Gasteiger partial charge in [-0.05, 0) is 44.9 Å². The highest BCUT2D eigenvalue weighted by Crippen LogP contribution is 2.32. The second-order valence-corrected chi connectivity index (χ2v) is 5.78. The van der Waals surface area contributed by atoms with Crippen LogP contribution in [-0.2, 0) is 19.1 Å². The van der Waals surface area contributed by atoms with Crippen molar-refractivity contribution in [2.75, 3.05) is 20.8 Å². The van der Waals surface area contributed by atoms with Crippen LogP contribution in [0.15, 0.2) is 41.5 Å². The number of esters is 2. The second kappa shape index (κ2) is 11.1. The molecule has 0 aliphatic carbocycles. The van der Waals surface area contributed by atoms with Gasteiger partial charge in [-0.3, -0.25) is 0 Å². The molecule has 6 heteroatoms. The molecule has 0 amide bonds. The number of hydrogen-bond acceptors (Lipinski definition) is 6. The lowest BCUT2D eigenvalue weighted by molar-refractivity contribution is -0.146. The van der Waals surface area contributed by atoms with Crippen LogP contribution < -0.4 is 9.47 Å². The zero-order valence-electron chi connectivity index (χ0n) is 16.8. The first-order valence-corrected chi connectivity index (χ1v) is 8.79. The van der Waals surface area contributed by atoms with E-state index in [1.54, 1.807) is 59.3 Å². The van der Waals surface area contributed by atoms with Gasteiger partial charge in [-0.25, -0.2) is 9.59 Å². The smallest absolute Gasteiger partial charge is 0.337 e. The van der Waals surface area contributed by atoms with Crippen molar-refractivity contribution in [1.82, 2.24) is 0 Å². The zero-order chi connectivity index (χ0) is 20.4. The highest BCUT2D eigenvalue weighted by atomic mass is 16.6. The maximum absolute atomic E-state index is 12.5. The SMILES string of the molecule is C/C=C(/COC(=O)/C(C)=C/C)C(=O)O[C@@H](CC)c1ccc(OC)c(OC)c1. The summed E-state index contributed by atoms with van der Waals surface area (Å²) in [6.07, 6.45) is 3.36. The van der Waals surface area contributed by atoms with Crippen LogP contribution in [0.1, 0.15) is 45.8 Å². The summed E-state index contributed by atoms with van der Waals surface area (Å²) in [4.78, 5) is 24.2. The maximum atomic E-state index is 12.5. The first kappa shape index (κ1) is 22.3. The van der Waals surface area contributed by atoms with Gasteiger partial charge >= 0.3 is 11.9 Å². The fourth-order valence-corrected chi connectivity index (χ4v) is 2.28. The van der Waals surface area contributed by atoms with Crippen LogP contribution in [0.4, 0.5) is 0 Å². The number of hydrogen-bond donors (Lipinski definition) is 0. The molecule has 0 N–H and O–H groups in total. The van der Waals surface area contributed by atoms with Gasteiger partial charge in [0.15, 0.2) is 11.5 Å². The van der Waals surface area contributed by atoms with Crippen LogP contribution in [0.2, 0.25) is 0 Å². The molecule has 0 aliphatic rings. The summed E-state index contributed by atoms with van der Waals surface area (Å²) in [5.74, 6) is 0.177. The van der Waals surface area contributed by atoms with E-state index in [0.29, 0.717) is 23.5 Å². The van der Waals surface area contributed by atoms with Crippen LogP contribution in [-0.4, -0.2) is 32.8 Å². The molecule has 6 nitrogen and oxygen atoms in total. The number of allylic oxidation sites excluding steroid dienone is 2. The lowest BCUT2D eigenvalue weighted by Crippen LogP contribution is -2.18. The summed E-state index contributed by atoms with van der Waals surface area (Å²) in [5, 5.41) is 0. The normalized spacial score (nSPS) is 13.0. The van der Waals surface area contributed by atoms with Crippen molar-refractivity contribution in [2.45, 2.75) is 40.2 Å². The quantitative estimate of drug-likeness (QED) is 0.476. The first-order valence-electron chi connectivity index (χ1n) is 8.79. The molecule has 1 rings (SSSR count). The van der Waals surface area contributed by atoms with Gasteiger partial charge in [-0.15, -0.1) is 0 Å². The summed E-state index contributed by atoms with van der Waals surface area (Å²) in [6, 6.07) is 5.38. The van der Waals surface area contributed by atoms with Crippen LogP contribution in [0.25, 0.3) is 0 Å². The molecule has 0 saturated heterocycles. The van der Waals surface area contributed by atoms with Crippen LogP contribution in [0.5, 0.6) is 11.5 Å². The number of carbonyl (C=O) groups is 2. The number of benzene rings is 1. The molecule has 0 aliphatic heterocycles. The molecular weight excluding hydrogens is 348 g/mol. The lowest BCUT2D eigenvalue weighted by atomic mass is 10.1. The van der Waals surface area contributed by atoms with E-state index in [1.165, 1.54) is 0 Å². The number of ether oxygens (including phenoxy) is 4.